The van der Waals surface area contributed by atoms with Crippen LogP contribution in [0.2, 0.25) is 0 Å². The van der Waals surface area contributed by atoms with Crippen LogP contribution in [0.25, 0.3) is 0 Å². The maximum Gasteiger partial charge on any atom is 0.272 e. The Morgan fingerprint density at radius 2 is 2.00 bits per heavy atom. The predicted octanol–water partition coefficient (Wildman–Crippen LogP) is -1.95. The van der Waals surface area contributed by atoms with Crippen LogP contribution in [0, 0.1) is 0 Å². The van der Waals surface area contributed by atoms with Crippen molar-refractivity contribution in [3.05, 3.63) is 0 Å². The summed E-state index contributed by atoms with van der Waals surface area (Å²) in [7, 11) is 3.42. The molecule has 0 radical (unpaired) electrons. The number of rotatable bonds is 2. The highest BCUT2D eigenvalue weighted by Crippen LogP contribution is 2.32. The lowest BCUT2D eigenvalue weighted by atomic mass is 9.93. The van der Waals surface area contributed by atoms with Crippen LogP contribution in [0.5, 0.6) is 0 Å². The Hall–Kier alpha value is -0.135. The second-order valence-electron chi connectivity index (χ2n) is 3.29. The molecule has 5 nitrogen and oxygen atoms in total. The molecule has 5 atom stereocenters. The quantitative estimate of drug-likeness (QED) is 0.510. The third-order valence-corrected chi connectivity index (χ3v) is 2.45. The SMILES string of the molecule is B[C@@H]1O[C@H](CO)C2OC(OC)O[C@@H]21. The molecule has 2 aliphatic rings. The topological polar surface area (TPSA) is 57.2 Å². The van der Waals surface area contributed by atoms with E-state index < -0.39 is 6.48 Å². The van der Waals surface area contributed by atoms with Gasteiger partial charge in [-0.1, -0.05) is 0 Å². The Labute approximate surface area is 77.3 Å². The predicted molar refractivity (Wildman–Crippen MR) is 44.8 cm³/mol. The number of aliphatic hydroxyl groups is 1. The molecule has 13 heavy (non-hydrogen) atoms. The van der Waals surface area contributed by atoms with Crippen LogP contribution in [-0.2, 0) is 18.9 Å². The molecule has 6 heteroatoms. The summed E-state index contributed by atoms with van der Waals surface area (Å²) in [5.74, 6) is 0. The third-order valence-electron chi connectivity index (χ3n) is 2.45. The van der Waals surface area contributed by atoms with E-state index in [2.05, 4.69) is 0 Å². The van der Waals surface area contributed by atoms with Gasteiger partial charge in [0.15, 0.2) is 0 Å². The summed E-state index contributed by atoms with van der Waals surface area (Å²) in [5, 5.41) is 8.99. The van der Waals surface area contributed by atoms with E-state index in [9.17, 15) is 0 Å². The van der Waals surface area contributed by atoms with Gasteiger partial charge in [0.05, 0.1) is 12.6 Å². The summed E-state index contributed by atoms with van der Waals surface area (Å²) in [6.45, 7) is -0.666. The van der Waals surface area contributed by atoms with Gasteiger partial charge < -0.3 is 24.1 Å². The first-order chi connectivity index (χ1) is 6.26. The fourth-order valence-electron chi connectivity index (χ4n) is 1.81. The molecular weight excluding hydrogens is 175 g/mol. The van der Waals surface area contributed by atoms with Gasteiger partial charge in [0.2, 0.25) is 0 Å². The van der Waals surface area contributed by atoms with Gasteiger partial charge in [0.1, 0.15) is 26.2 Å². The Morgan fingerprint density at radius 1 is 1.31 bits per heavy atom. The molecule has 0 bridgehead atoms. The zero-order valence-corrected chi connectivity index (χ0v) is 7.67. The van der Waals surface area contributed by atoms with E-state index in [4.69, 9.17) is 24.1 Å². The number of ether oxygens (including phenoxy) is 4. The molecule has 2 unspecified atom stereocenters. The van der Waals surface area contributed by atoms with Gasteiger partial charge >= 0.3 is 0 Å². The van der Waals surface area contributed by atoms with E-state index in [0.29, 0.717) is 0 Å². The second-order valence-corrected chi connectivity index (χ2v) is 3.29. The minimum Gasteiger partial charge on any atom is -0.394 e. The normalized spacial score (nSPS) is 49.5. The Bertz CT molecular complexity index is 190. The Balaban J connectivity index is 2.03. The van der Waals surface area contributed by atoms with Gasteiger partial charge in [0.25, 0.3) is 6.48 Å². The minimum absolute atomic E-state index is 0.0503. The zero-order chi connectivity index (χ0) is 9.42. The molecule has 0 aliphatic carbocycles. The molecule has 2 aliphatic heterocycles. The molecule has 1 N–H and O–H groups in total. The summed E-state index contributed by atoms with van der Waals surface area (Å²) < 4.78 is 21.1. The van der Waals surface area contributed by atoms with Gasteiger partial charge in [-0.3, -0.25) is 0 Å². The van der Waals surface area contributed by atoms with Gasteiger partial charge in [-0.15, -0.1) is 0 Å². The number of hydrogen-bond donors (Lipinski definition) is 1. The largest absolute Gasteiger partial charge is 0.394 e. The van der Waals surface area contributed by atoms with Crippen molar-refractivity contribution in [3.8, 4) is 0 Å². The lowest BCUT2D eigenvalue weighted by Crippen LogP contribution is -2.31. The third kappa shape index (κ3) is 1.49. The first-order valence-electron chi connectivity index (χ1n) is 4.36. The van der Waals surface area contributed by atoms with Crippen molar-refractivity contribution in [2.45, 2.75) is 30.8 Å². The molecule has 0 saturated carbocycles. The number of aliphatic hydroxyl groups excluding tert-OH is 1. The number of fused-ring (bicyclic) bond motifs is 1. The fourth-order valence-corrected chi connectivity index (χ4v) is 1.81. The van der Waals surface area contributed by atoms with Gasteiger partial charge in [-0.25, -0.2) is 0 Å². The lowest BCUT2D eigenvalue weighted by molar-refractivity contribution is -0.247. The smallest absolute Gasteiger partial charge is 0.272 e. The van der Waals surface area contributed by atoms with Crippen molar-refractivity contribution in [1.82, 2.24) is 0 Å². The zero-order valence-electron chi connectivity index (χ0n) is 7.67. The highest BCUT2D eigenvalue weighted by atomic mass is 16.9. The van der Waals surface area contributed by atoms with E-state index in [-0.39, 0.29) is 30.9 Å². The van der Waals surface area contributed by atoms with Crippen molar-refractivity contribution < 1.29 is 24.1 Å². The van der Waals surface area contributed by atoms with Crippen LogP contribution in [-0.4, -0.2) is 57.5 Å². The van der Waals surface area contributed by atoms with Crippen molar-refractivity contribution in [1.29, 1.82) is 0 Å². The van der Waals surface area contributed by atoms with Crippen LogP contribution >= 0.6 is 0 Å². The minimum atomic E-state index is -0.615. The molecule has 2 rings (SSSR count). The monoisotopic (exact) mass is 188 g/mol. The van der Waals surface area contributed by atoms with E-state index >= 15 is 0 Å². The maximum atomic E-state index is 8.99. The molecular formula is C7H13BO5. The second kappa shape index (κ2) is 3.55. The molecule has 0 aromatic rings. The maximum absolute atomic E-state index is 8.99. The molecule has 74 valence electrons. The molecule has 0 amide bonds. The highest BCUT2D eigenvalue weighted by Gasteiger charge is 2.50. The van der Waals surface area contributed by atoms with Crippen LogP contribution in [0.4, 0.5) is 0 Å². The molecule has 0 aromatic carbocycles. The summed E-state index contributed by atoms with van der Waals surface area (Å²) >= 11 is 0. The fraction of sp³-hybridized carbons (Fsp3) is 1.00. The standard InChI is InChI=1S/C7H13BO5/c1-10-7-12-4-3(2-9)11-6(8)5(4)13-7/h3-7,9H,2,8H2,1H3/t3-,4?,5+,6-,7?/m1/s1. The highest BCUT2D eigenvalue weighted by molar-refractivity contribution is 6.11. The lowest BCUT2D eigenvalue weighted by Gasteiger charge is -2.15. The van der Waals surface area contributed by atoms with Crippen molar-refractivity contribution >= 4 is 7.85 Å². The van der Waals surface area contributed by atoms with E-state index in [1.165, 1.54) is 7.11 Å². The van der Waals surface area contributed by atoms with Crippen LogP contribution in [0.15, 0.2) is 0 Å². The van der Waals surface area contributed by atoms with E-state index in [1.807, 2.05) is 7.85 Å². The van der Waals surface area contributed by atoms with Crippen LogP contribution in [0.3, 0.4) is 0 Å². The van der Waals surface area contributed by atoms with Crippen molar-refractivity contribution in [2.75, 3.05) is 13.7 Å². The van der Waals surface area contributed by atoms with E-state index in [0.717, 1.165) is 0 Å². The Kier molecular flexibility index (Phi) is 2.57. The molecule has 2 fully saturated rings. The average Bonchev–Trinajstić information content (AvgIpc) is 2.66. The van der Waals surface area contributed by atoms with E-state index in [1.54, 1.807) is 0 Å². The summed E-state index contributed by atoms with van der Waals surface area (Å²) in [6, 6.07) is -0.0534. The van der Waals surface area contributed by atoms with Crippen LogP contribution in [0.1, 0.15) is 0 Å². The van der Waals surface area contributed by atoms with Crippen LogP contribution < -0.4 is 0 Å². The van der Waals surface area contributed by atoms with Gasteiger partial charge in [-0.2, -0.15) is 0 Å². The average molecular weight is 188 g/mol. The summed E-state index contributed by atoms with van der Waals surface area (Å²) in [5.41, 5.74) is 0. The number of hydrogen-bond acceptors (Lipinski definition) is 5. The molecule has 2 saturated heterocycles. The molecule has 0 spiro atoms. The molecule has 0 aromatic heterocycles. The number of methoxy groups -OCH3 is 1. The van der Waals surface area contributed by atoms with Gasteiger partial charge in [0, 0.05) is 7.11 Å². The first kappa shape index (κ1) is 9.42. The van der Waals surface area contributed by atoms with Crippen molar-refractivity contribution in [3.63, 3.8) is 0 Å². The first-order valence-corrected chi connectivity index (χ1v) is 4.36. The van der Waals surface area contributed by atoms with Crippen molar-refractivity contribution in [2.24, 2.45) is 0 Å². The summed E-state index contributed by atoms with van der Waals surface area (Å²) in [6.07, 6.45) is -0.618. The Morgan fingerprint density at radius 3 is 2.62 bits per heavy atom. The summed E-state index contributed by atoms with van der Waals surface area (Å²) in [4.78, 5) is 0. The molecule has 2 heterocycles. The van der Waals surface area contributed by atoms with Gasteiger partial charge in [-0.05, 0) is 0 Å².